The Morgan fingerprint density at radius 1 is 1.40 bits per heavy atom. The lowest BCUT2D eigenvalue weighted by Gasteiger charge is -2.10. The highest BCUT2D eigenvalue weighted by molar-refractivity contribution is 9.10. The van der Waals surface area contributed by atoms with Crippen molar-refractivity contribution in [3.63, 3.8) is 0 Å². The smallest absolute Gasteiger partial charge is 0.328 e. The summed E-state index contributed by atoms with van der Waals surface area (Å²) in [6.07, 6.45) is 1.88. The average Bonchev–Trinajstić information content (AvgIpc) is 2.78. The molecule has 0 saturated heterocycles. The number of imidazole rings is 1. The predicted octanol–water partition coefficient (Wildman–Crippen LogP) is 0.176. The fraction of sp³-hybridized carbons (Fsp3) is 0.500. The van der Waals surface area contributed by atoms with Gasteiger partial charge in [-0.2, -0.15) is 0 Å². The topological polar surface area (TPSA) is 78.9 Å². The first-order valence-corrected chi connectivity index (χ1v) is 7.01. The number of fused-ring (bicyclic) bond motifs is 1. The minimum Gasteiger partial charge on any atom is -0.328 e. The maximum atomic E-state index is 12.4. The Balaban J connectivity index is 2.54. The van der Waals surface area contributed by atoms with Crippen molar-refractivity contribution >= 4 is 32.9 Å². The van der Waals surface area contributed by atoms with E-state index in [1.54, 1.807) is 18.7 Å². The number of hydrogen-bond donors (Lipinski definition) is 0. The van der Waals surface area contributed by atoms with Gasteiger partial charge in [-0.25, -0.2) is 9.78 Å². The Labute approximate surface area is 123 Å². The number of aryl methyl sites for hydroxylation is 2. The highest BCUT2D eigenvalue weighted by Crippen LogP contribution is 2.08. The van der Waals surface area contributed by atoms with Gasteiger partial charge in [0.25, 0.3) is 5.56 Å². The lowest BCUT2D eigenvalue weighted by molar-refractivity contribution is -0.116. The molecule has 0 aromatic carbocycles. The third-order valence-corrected chi connectivity index (χ3v) is 4.35. The van der Waals surface area contributed by atoms with Crippen molar-refractivity contribution in [3.05, 3.63) is 27.2 Å². The van der Waals surface area contributed by atoms with Gasteiger partial charge >= 0.3 is 5.69 Å². The number of rotatable bonds is 4. The molecule has 0 aliphatic heterocycles. The normalized spacial score (nSPS) is 12.8. The third-order valence-electron chi connectivity index (χ3n) is 3.25. The maximum Gasteiger partial charge on any atom is 0.332 e. The summed E-state index contributed by atoms with van der Waals surface area (Å²) < 4.78 is 4.07. The van der Waals surface area contributed by atoms with E-state index in [-0.39, 0.29) is 22.7 Å². The molecule has 0 aliphatic rings. The second kappa shape index (κ2) is 5.35. The van der Waals surface area contributed by atoms with Crippen LogP contribution in [0.2, 0.25) is 0 Å². The Hall–Kier alpha value is -1.70. The molecule has 0 fully saturated rings. The Morgan fingerprint density at radius 2 is 2.05 bits per heavy atom. The van der Waals surface area contributed by atoms with E-state index in [4.69, 9.17) is 0 Å². The first-order valence-electron chi connectivity index (χ1n) is 6.10. The summed E-state index contributed by atoms with van der Waals surface area (Å²) in [5.74, 6) is -0.0310. The number of Topliss-reactive ketones (excluding diaryl/α,β-unsaturated/α-hetero) is 1. The van der Waals surface area contributed by atoms with Crippen LogP contribution in [0.5, 0.6) is 0 Å². The molecule has 2 heterocycles. The van der Waals surface area contributed by atoms with Crippen molar-refractivity contribution in [1.29, 1.82) is 0 Å². The summed E-state index contributed by atoms with van der Waals surface area (Å²) in [6.45, 7) is 1.65. The molecule has 2 aromatic heterocycles. The minimum absolute atomic E-state index is 0.0310. The lowest BCUT2D eigenvalue weighted by atomic mass is 10.2. The molecule has 2 rings (SSSR count). The second-order valence-corrected chi connectivity index (χ2v) is 5.80. The molecule has 0 spiro atoms. The molecule has 0 N–H and O–H groups in total. The van der Waals surface area contributed by atoms with Gasteiger partial charge in [0.1, 0.15) is 5.78 Å². The number of ketones is 1. The zero-order chi connectivity index (χ0) is 15.0. The first kappa shape index (κ1) is 14.7. The van der Waals surface area contributed by atoms with E-state index in [1.807, 2.05) is 0 Å². The molecule has 0 aliphatic carbocycles. The Kier molecular flexibility index (Phi) is 3.94. The molecule has 0 radical (unpaired) electrons. The van der Waals surface area contributed by atoms with Gasteiger partial charge in [0.15, 0.2) is 11.2 Å². The van der Waals surface area contributed by atoms with E-state index in [1.165, 1.54) is 17.8 Å². The van der Waals surface area contributed by atoms with Crippen LogP contribution in [0.3, 0.4) is 0 Å². The molecule has 8 heteroatoms. The third kappa shape index (κ3) is 2.35. The zero-order valence-electron chi connectivity index (χ0n) is 11.5. The molecular weight excluding hydrogens is 328 g/mol. The van der Waals surface area contributed by atoms with E-state index < -0.39 is 5.69 Å². The van der Waals surface area contributed by atoms with E-state index in [2.05, 4.69) is 20.9 Å². The standard InChI is InChI=1S/C12H15BrN4O3/c1-7(18)8(13)4-5-17-11(19)9-10(14-6-15(9)2)16(3)12(17)20/h6,8H,4-5H2,1-3H3. The minimum atomic E-state index is -0.426. The van der Waals surface area contributed by atoms with Gasteiger partial charge in [0.05, 0.1) is 11.2 Å². The van der Waals surface area contributed by atoms with Crippen molar-refractivity contribution in [2.75, 3.05) is 0 Å². The van der Waals surface area contributed by atoms with Crippen molar-refractivity contribution in [1.82, 2.24) is 18.7 Å². The molecule has 0 amide bonds. The summed E-state index contributed by atoms with van der Waals surface area (Å²) in [4.78, 5) is 39.4. The zero-order valence-corrected chi connectivity index (χ0v) is 13.0. The molecule has 7 nitrogen and oxygen atoms in total. The molecule has 0 bridgehead atoms. The number of halogens is 1. The lowest BCUT2D eigenvalue weighted by Crippen LogP contribution is -2.40. The van der Waals surface area contributed by atoms with Crippen LogP contribution in [-0.4, -0.2) is 29.3 Å². The number of carbonyl (C=O) groups is 1. The summed E-state index contributed by atoms with van der Waals surface area (Å²) >= 11 is 3.23. The van der Waals surface area contributed by atoms with Crippen LogP contribution in [0.4, 0.5) is 0 Å². The van der Waals surface area contributed by atoms with Crippen LogP contribution in [0, 0.1) is 0 Å². The number of nitrogens with zero attached hydrogens (tertiary/aromatic N) is 4. The molecule has 1 atom stereocenters. The van der Waals surface area contributed by atoms with Gasteiger partial charge in [0.2, 0.25) is 0 Å². The van der Waals surface area contributed by atoms with E-state index in [9.17, 15) is 14.4 Å². The van der Waals surface area contributed by atoms with Crippen LogP contribution >= 0.6 is 15.9 Å². The molecule has 2 aromatic rings. The highest BCUT2D eigenvalue weighted by Gasteiger charge is 2.16. The van der Waals surface area contributed by atoms with Crippen molar-refractivity contribution in [3.8, 4) is 0 Å². The second-order valence-electron chi connectivity index (χ2n) is 4.69. The molecule has 20 heavy (non-hydrogen) atoms. The number of carbonyl (C=O) groups excluding carboxylic acids is 1. The SMILES string of the molecule is CC(=O)C(Br)CCn1c(=O)c2c(ncn2C)n(C)c1=O. The number of hydrogen-bond acceptors (Lipinski definition) is 4. The molecule has 0 saturated carbocycles. The van der Waals surface area contributed by atoms with Crippen LogP contribution in [0.25, 0.3) is 11.2 Å². The summed E-state index contributed by atoms with van der Waals surface area (Å²) in [7, 11) is 3.28. The first-order chi connectivity index (χ1) is 9.34. The van der Waals surface area contributed by atoms with Gasteiger partial charge in [-0.05, 0) is 13.3 Å². The van der Waals surface area contributed by atoms with Crippen LogP contribution in [0.15, 0.2) is 15.9 Å². The van der Waals surface area contributed by atoms with Crippen molar-refractivity contribution in [2.45, 2.75) is 24.7 Å². The van der Waals surface area contributed by atoms with Gasteiger partial charge in [0, 0.05) is 20.6 Å². The largest absolute Gasteiger partial charge is 0.332 e. The summed E-state index contributed by atoms with van der Waals surface area (Å²) in [5, 5.41) is 0. The van der Waals surface area contributed by atoms with Crippen LogP contribution < -0.4 is 11.2 Å². The van der Waals surface area contributed by atoms with Crippen molar-refractivity contribution < 1.29 is 4.79 Å². The van der Waals surface area contributed by atoms with E-state index in [0.717, 1.165) is 4.57 Å². The Bertz CT molecular complexity index is 786. The monoisotopic (exact) mass is 342 g/mol. The van der Waals surface area contributed by atoms with Crippen LogP contribution in [-0.2, 0) is 25.4 Å². The van der Waals surface area contributed by atoms with Gasteiger partial charge in [-0.3, -0.25) is 18.7 Å². The van der Waals surface area contributed by atoms with Gasteiger partial charge in [-0.15, -0.1) is 0 Å². The Morgan fingerprint density at radius 3 is 2.65 bits per heavy atom. The van der Waals surface area contributed by atoms with E-state index in [0.29, 0.717) is 17.6 Å². The van der Waals surface area contributed by atoms with Gasteiger partial charge < -0.3 is 4.57 Å². The van der Waals surface area contributed by atoms with Crippen LogP contribution in [0.1, 0.15) is 13.3 Å². The average molecular weight is 343 g/mol. The van der Waals surface area contributed by atoms with E-state index >= 15 is 0 Å². The predicted molar refractivity (Wildman–Crippen MR) is 78.2 cm³/mol. The maximum absolute atomic E-state index is 12.4. The fourth-order valence-corrected chi connectivity index (χ4v) is 2.24. The summed E-state index contributed by atoms with van der Waals surface area (Å²) in [6, 6.07) is 0. The van der Waals surface area contributed by atoms with Crippen molar-refractivity contribution in [2.24, 2.45) is 14.1 Å². The summed E-state index contributed by atoms with van der Waals surface area (Å²) in [5.41, 5.74) is -0.0717. The molecule has 1 unspecified atom stereocenters. The quantitative estimate of drug-likeness (QED) is 0.742. The fourth-order valence-electron chi connectivity index (χ4n) is 2.04. The molecular formula is C12H15BrN4O3. The van der Waals surface area contributed by atoms with Gasteiger partial charge in [-0.1, -0.05) is 15.9 Å². The number of aromatic nitrogens is 4. The highest BCUT2D eigenvalue weighted by atomic mass is 79.9. The number of alkyl halides is 1. The molecule has 108 valence electrons.